The number of aromatic nitrogens is 6. The SMILES string of the molecule is c1ccc(-c2nc(-c3ccc4ccccc4c3)nc(-n3c4ccccc4c4ccc5c6ccccc6n(-c6ccc(-c7nc8ccccc8s7)cc6)c5c43)n2)cc1. The smallest absolute Gasteiger partial charge is 0.238 e. The fraction of sp³-hybridized carbons (Fsp3) is 0. The van der Waals surface area contributed by atoms with Gasteiger partial charge in [0.05, 0.1) is 32.3 Å². The minimum atomic E-state index is 0.564. The molecule has 266 valence electrons. The Morgan fingerprint density at radius 2 is 0.982 bits per heavy atom. The third-order valence-corrected chi connectivity index (χ3v) is 12.1. The predicted molar refractivity (Wildman–Crippen MR) is 235 cm³/mol. The van der Waals surface area contributed by atoms with E-state index in [1.54, 1.807) is 11.3 Å². The highest BCUT2D eigenvalue weighted by atomic mass is 32.1. The van der Waals surface area contributed by atoms with Crippen molar-refractivity contribution in [2.75, 3.05) is 0 Å². The summed E-state index contributed by atoms with van der Waals surface area (Å²) in [5, 5.41) is 7.91. The summed E-state index contributed by atoms with van der Waals surface area (Å²) in [6, 6.07) is 63.9. The molecule has 8 aromatic carbocycles. The highest BCUT2D eigenvalue weighted by Crippen LogP contribution is 2.42. The average Bonchev–Trinajstić information content (AvgIpc) is 3.97. The normalized spacial score (nSPS) is 11.9. The van der Waals surface area contributed by atoms with E-state index < -0.39 is 0 Å². The number of hydrogen-bond donors (Lipinski definition) is 0. The maximum Gasteiger partial charge on any atom is 0.238 e. The molecule has 0 aliphatic heterocycles. The van der Waals surface area contributed by atoms with E-state index in [0.29, 0.717) is 17.6 Å². The molecular formula is C50H30N6S. The molecule has 0 radical (unpaired) electrons. The zero-order chi connectivity index (χ0) is 37.5. The van der Waals surface area contributed by atoms with Crippen LogP contribution in [0, 0.1) is 0 Å². The molecule has 0 bridgehead atoms. The summed E-state index contributed by atoms with van der Waals surface area (Å²) >= 11 is 1.72. The molecule has 0 fully saturated rings. The lowest BCUT2D eigenvalue weighted by atomic mass is 10.1. The first-order valence-electron chi connectivity index (χ1n) is 19.0. The van der Waals surface area contributed by atoms with E-state index in [1.807, 2.05) is 24.3 Å². The number of fused-ring (bicyclic) bond motifs is 9. The molecular weight excluding hydrogens is 717 g/mol. The summed E-state index contributed by atoms with van der Waals surface area (Å²) in [6.07, 6.45) is 0. The third-order valence-electron chi connectivity index (χ3n) is 11.0. The lowest BCUT2D eigenvalue weighted by molar-refractivity contribution is 0.953. The summed E-state index contributed by atoms with van der Waals surface area (Å²) in [5.41, 5.74) is 9.32. The molecule has 0 aliphatic carbocycles. The minimum Gasteiger partial charge on any atom is -0.307 e. The number of benzene rings is 8. The van der Waals surface area contributed by atoms with Gasteiger partial charge in [0.2, 0.25) is 5.95 Å². The van der Waals surface area contributed by atoms with Crippen molar-refractivity contribution in [2.45, 2.75) is 0 Å². The number of para-hydroxylation sites is 3. The van der Waals surface area contributed by atoms with Gasteiger partial charge in [-0.25, -0.2) is 9.97 Å². The van der Waals surface area contributed by atoms with Crippen molar-refractivity contribution < 1.29 is 0 Å². The molecule has 0 aliphatic rings. The Bertz CT molecular complexity index is 3490. The number of rotatable bonds is 5. The quantitative estimate of drug-likeness (QED) is 0.176. The second kappa shape index (κ2) is 12.5. The van der Waals surface area contributed by atoms with Crippen LogP contribution in [-0.4, -0.2) is 29.1 Å². The van der Waals surface area contributed by atoms with Gasteiger partial charge in [0, 0.05) is 43.9 Å². The Kier molecular flexibility index (Phi) is 7.00. The van der Waals surface area contributed by atoms with Gasteiger partial charge < -0.3 is 4.57 Å². The first kappa shape index (κ1) is 31.8. The second-order valence-electron chi connectivity index (χ2n) is 14.3. The van der Waals surface area contributed by atoms with Crippen LogP contribution in [0.2, 0.25) is 0 Å². The first-order chi connectivity index (χ1) is 28.2. The molecule has 0 unspecified atom stereocenters. The monoisotopic (exact) mass is 746 g/mol. The maximum atomic E-state index is 5.33. The molecule has 57 heavy (non-hydrogen) atoms. The van der Waals surface area contributed by atoms with Crippen LogP contribution in [0.3, 0.4) is 0 Å². The summed E-state index contributed by atoms with van der Waals surface area (Å²) in [6.45, 7) is 0. The zero-order valence-corrected chi connectivity index (χ0v) is 31.2. The molecule has 0 amide bonds. The van der Waals surface area contributed by atoms with Gasteiger partial charge in [0.25, 0.3) is 0 Å². The van der Waals surface area contributed by atoms with Crippen molar-refractivity contribution in [2.24, 2.45) is 0 Å². The topological polar surface area (TPSA) is 61.4 Å². The Labute approximate surface area is 330 Å². The van der Waals surface area contributed by atoms with Crippen molar-refractivity contribution in [3.8, 4) is 45.0 Å². The molecule has 12 rings (SSSR count). The Morgan fingerprint density at radius 1 is 0.386 bits per heavy atom. The fourth-order valence-electron chi connectivity index (χ4n) is 8.36. The standard InChI is InChI=1S/C50H30N6S/c1-2-13-32(14-3-1)47-52-48(35-23-22-31-12-4-5-15-34(31)30-35)54-50(53-47)56-43-20-10-7-17-38(43)40-29-28-39-37-16-6-9-19-42(37)55(45(39)46(40)56)36-26-24-33(25-27-36)49-51-41-18-8-11-21-44(41)57-49/h1-30H. The van der Waals surface area contributed by atoms with Crippen LogP contribution in [0.15, 0.2) is 182 Å². The van der Waals surface area contributed by atoms with Crippen LogP contribution < -0.4 is 0 Å². The Hall–Kier alpha value is -7.48. The van der Waals surface area contributed by atoms with E-state index in [2.05, 4.69) is 167 Å². The van der Waals surface area contributed by atoms with Crippen LogP contribution in [0.25, 0.3) is 110 Å². The average molecular weight is 747 g/mol. The molecule has 6 nitrogen and oxygen atoms in total. The van der Waals surface area contributed by atoms with Gasteiger partial charge in [-0.2, -0.15) is 9.97 Å². The third kappa shape index (κ3) is 5.03. The molecule has 12 aromatic rings. The fourth-order valence-corrected chi connectivity index (χ4v) is 9.34. The van der Waals surface area contributed by atoms with Gasteiger partial charge in [0.1, 0.15) is 5.01 Å². The van der Waals surface area contributed by atoms with Crippen LogP contribution in [0.4, 0.5) is 0 Å². The molecule has 4 aromatic heterocycles. The first-order valence-corrected chi connectivity index (χ1v) is 19.8. The lowest BCUT2D eigenvalue weighted by Gasteiger charge is -2.13. The largest absolute Gasteiger partial charge is 0.307 e. The number of nitrogens with zero attached hydrogens (tertiary/aromatic N) is 6. The summed E-state index contributed by atoms with van der Waals surface area (Å²) in [7, 11) is 0. The second-order valence-corrected chi connectivity index (χ2v) is 15.3. The molecule has 0 N–H and O–H groups in total. The van der Waals surface area contributed by atoms with E-state index in [4.69, 9.17) is 19.9 Å². The molecule has 0 spiro atoms. The molecule has 4 heterocycles. The number of hydrogen-bond acceptors (Lipinski definition) is 5. The molecule has 0 saturated heterocycles. The van der Waals surface area contributed by atoms with Crippen LogP contribution in [0.1, 0.15) is 0 Å². The summed E-state index contributed by atoms with van der Waals surface area (Å²) in [4.78, 5) is 20.7. The van der Waals surface area contributed by atoms with Gasteiger partial charge in [-0.1, -0.05) is 127 Å². The van der Waals surface area contributed by atoms with Gasteiger partial charge in [-0.15, -0.1) is 11.3 Å². The summed E-state index contributed by atoms with van der Waals surface area (Å²) in [5.74, 6) is 1.80. The van der Waals surface area contributed by atoms with E-state index in [0.717, 1.165) is 76.5 Å². The van der Waals surface area contributed by atoms with Crippen LogP contribution in [-0.2, 0) is 0 Å². The maximum absolute atomic E-state index is 5.33. The van der Waals surface area contributed by atoms with Crippen molar-refractivity contribution in [3.63, 3.8) is 0 Å². The Balaban J connectivity index is 1.15. The van der Waals surface area contributed by atoms with Gasteiger partial charge in [0.15, 0.2) is 11.6 Å². The molecule has 0 atom stereocenters. The van der Waals surface area contributed by atoms with E-state index >= 15 is 0 Å². The van der Waals surface area contributed by atoms with E-state index in [-0.39, 0.29) is 0 Å². The van der Waals surface area contributed by atoms with Crippen LogP contribution >= 0.6 is 11.3 Å². The van der Waals surface area contributed by atoms with Crippen molar-refractivity contribution in [1.29, 1.82) is 0 Å². The zero-order valence-electron chi connectivity index (χ0n) is 30.4. The number of thiazole rings is 1. The van der Waals surface area contributed by atoms with Crippen molar-refractivity contribution in [1.82, 2.24) is 29.1 Å². The van der Waals surface area contributed by atoms with Crippen molar-refractivity contribution >= 4 is 75.9 Å². The van der Waals surface area contributed by atoms with E-state index in [9.17, 15) is 0 Å². The Morgan fingerprint density at radius 3 is 1.74 bits per heavy atom. The highest BCUT2D eigenvalue weighted by Gasteiger charge is 2.23. The summed E-state index contributed by atoms with van der Waals surface area (Å²) < 4.78 is 5.83. The minimum absolute atomic E-state index is 0.564. The van der Waals surface area contributed by atoms with Crippen molar-refractivity contribution in [3.05, 3.63) is 182 Å². The lowest BCUT2D eigenvalue weighted by Crippen LogP contribution is -2.07. The highest BCUT2D eigenvalue weighted by molar-refractivity contribution is 7.21. The molecule has 7 heteroatoms. The molecule has 0 saturated carbocycles. The van der Waals surface area contributed by atoms with Crippen LogP contribution in [0.5, 0.6) is 0 Å². The van der Waals surface area contributed by atoms with E-state index in [1.165, 1.54) is 15.5 Å². The predicted octanol–water partition coefficient (Wildman–Crippen LogP) is 12.8. The van der Waals surface area contributed by atoms with Gasteiger partial charge in [-0.3, -0.25) is 4.57 Å². The van der Waals surface area contributed by atoms with Gasteiger partial charge >= 0.3 is 0 Å². The van der Waals surface area contributed by atoms with Gasteiger partial charge in [-0.05, 0) is 65.4 Å².